The molecule has 0 bridgehead atoms. The Bertz CT molecular complexity index is 416. The number of carboxylic acid groups (broad SMARTS) is 1. The van der Waals surface area contributed by atoms with Gasteiger partial charge in [0.25, 0.3) is 0 Å². The maximum Gasteiger partial charge on any atom is 0.549 e. The summed E-state index contributed by atoms with van der Waals surface area (Å²) in [6, 6.07) is 8.49. The van der Waals surface area contributed by atoms with E-state index in [1.807, 2.05) is 0 Å². The first-order chi connectivity index (χ1) is 8.02. The van der Waals surface area contributed by atoms with E-state index in [2.05, 4.69) is 5.73 Å². The Labute approximate surface area is 99.5 Å². The highest BCUT2D eigenvalue weighted by molar-refractivity contribution is 7.48. The lowest BCUT2D eigenvalue weighted by Crippen LogP contribution is -2.18. The molecule has 0 aromatic heterocycles. The Balaban J connectivity index is 0.000000770. The van der Waals surface area contributed by atoms with Gasteiger partial charge in [0.05, 0.1) is 0 Å². The quantitative estimate of drug-likeness (QED) is 0.470. The Kier molecular flexibility index (Phi) is 7.27. The first-order valence-corrected chi connectivity index (χ1v) is 5.72. The van der Waals surface area contributed by atoms with Gasteiger partial charge >= 0.3 is 14.0 Å². The summed E-state index contributed by atoms with van der Waals surface area (Å²) >= 11 is 0. The summed E-state index contributed by atoms with van der Waals surface area (Å²) < 4.78 is 16.2. The van der Waals surface area contributed by atoms with Gasteiger partial charge in [-0.25, -0.2) is 4.79 Å². The van der Waals surface area contributed by atoms with Gasteiger partial charge in [-0.1, -0.05) is 18.2 Å². The van der Waals surface area contributed by atoms with Gasteiger partial charge in [0.1, 0.15) is 0 Å². The average molecular weight is 255 g/mol. The molecule has 0 heterocycles. The zero-order valence-corrected chi connectivity index (χ0v) is 10.0. The number of rotatable bonds is 4. The SMILES string of the molecule is CC(O[P+](=O)c1ccccc1)C(=O)O.N#CN. The van der Waals surface area contributed by atoms with Crippen molar-refractivity contribution in [1.29, 1.82) is 5.26 Å². The van der Waals surface area contributed by atoms with Crippen molar-refractivity contribution in [3.8, 4) is 6.19 Å². The molecule has 1 aromatic rings. The molecule has 17 heavy (non-hydrogen) atoms. The van der Waals surface area contributed by atoms with E-state index >= 15 is 0 Å². The molecule has 1 aromatic carbocycles. The van der Waals surface area contributed by atoms with Crippen LogP contribution in [0.5, 0.6) is 0 Å². The fraction of sp³-hybridized carbons (Fsp3) is 0.200. The number of carboxylic acids is 1. The third-order valence-electron chi connectivity index (χ3n) is 1.57. The minimum atomic E-state index is -2.08. The summed E-state index contributed by atoms with van der Waals surface area (Å²) in [5, 5.41) is 16.1. The molecule has 7 heteroatoms. The molecule has 6 nitrogen and oxygen atoms in total. The van der Waals surface area contributed by atoms with Crippen molar-refractivity contribution in [3.63, 3.8) is 0 Å². The third-order valence-corrected chi connectivity index (χ3v) is 2.80. The van der Waals surface area contributed by atoms with E-state index in [9.17, 15) is 9.36 Å². The van der Waals surface area contributed by atoms with E-state index < -0.39 is 20.1 Å². The van der Waals surface area contributed by atoms with Crippen LogP contribution in [0.2, 0.25) is 0 Å². The minimum Gasteiger partial charge on any atom is -0.479 e. The van der Waals surface area contributed by atoms with Gasteiger partial charge in [-0.3, -0.25) is 0 Å². The highest BCUT2D eigenvalue weighted by atomic mass is 31.1. The molecular weight excluding hydrogens is 243 g/mol. The van der Waals surface area contributed by atoms with Crippen LogP contribution in [0.25, 0.3) is 0 Å². The van der Waals surface area contributed by atoms with Gasteiger partial charge in [-0.05, 0) is 23.6 Å². The second-order valence-electron chi connectivity index (χ2n) is 2.81. The number of nitrogens with zero attached hydrogens (tertiary/aromatic N) is 1. The summed E-state index contributed by atoms with van der Waals surface area (Å²) in [4.78, 5) is 10.4. The van der Waals surface area contributed by atoms with Gasteiger partial charge in [-0.15, -0.1) is 4.52 Å². The molecule has 0 radical (unpaired) electrons. The van der Waals surface area contributed by atoms with Crippen LogP contribution in [-0.2, 0) is 13.9 Å². The first kappa shape index (κ1) is 15.0. The Morgan fingerprint density at radius 1 is 1.53 bits per heavy atom. The molecule has 0 spiro atoms. The second kappa shape index (κ2) is 8.22. The zero-order chi connectivity index (χ0) is 13.3. The van der Waals surface area contributed by atoms with Crippen molar-refractivity contribution >= 4 is 19.3 Å². The van der Waals surface area contributed by atoms with Crippen LogP contribution in [-0.4, -0.2) is 17.2 Å². The number of hydrogen-bond donors (Lipinski definition) is 2. The Morgan fingerprint density at radius 3 is 2.41 bits per heavy atom. The topological polar surface area (TPSA) is 113 Å². The van der Waals surface area contributed by atoms with Crippen LogP contribution in [0.15, 0.2) is 30.3 Å². The molecule has 0 amide bonds. The van der Waals surface area contributed by atoms with Gasteiger partial charge in [0.2, 0.25) is 11.4 Å². The van der Waals surface area contributed by atoms with Crippen molar-refractivity contribution in [1.82, 2.24) is 0 Å². The van der Waals surface area contributed by atoms with Crippen molar-refractivity contribution < 1.29 is 19.0 Å². The fourth-order valence-corrected chi connectivity index (χ4v) is 1.71. The van der Waals surface area contributed by atoms with E-state index in [-0.39, 0.29) is 0 Å². The molecule has 0 aliphatic heterocycles. The van der Waals surface area contributed by atoms with Gasteiger partial charge < -0.3 is 10.8 Å². The molecule has 0 aliphatic carbocycles. The number of nitriles is 1. The van der Waals surface area contributed by atoms with E-state index in [0.717, 1.165) is 0 Å². The monoisotopic (exact) mass is 255 g/mol. The number of aliphatic carboxylic acids is 1. The van der Waals surface area contributed by atoms with Gasteiger partial charge in [0, 0.05) is 0 Å². The number of nitrogens with two attached hydrogens (primary N) is 1. The average Bonchev–Trinajstić information content (AvgIpc) is 2.31. The Morgan fingerprint density at radius 2 is 2.00 bits per heavy atom. The fourth-order valence-electron chi connectivity index (χ4n) is 0.799. The first-order valence-electron chi connectivity index (χ1n) is 4.54. The maximum atomic E-state index is 11.4. The summed E-state index contributed by atoms with van der Waals surface area (Å²) in [5.74, 6) is -1.12. The molecule has 0 aliphatic rings. The number of carbonyl (C=O) groups is 1. The second-order valence-corrected chi connectivity index (χ2v) is 4.05. The summed E-state index contributed by atoms with van der Waals surface area (Å²) in [7, 11) is -2.08. The lowest BCUT2D eigenvalue weighted by atomic mass is 10.4. The van der Waals surface area contributed by atoms with Crippen LogP contribution >= 0.6 is 8.03 Å². The molecular formula is C10H12N2O4P+. The minimum absolute atomic E-state index is 0.496. The standard InChI is InChI=1S/C9H9O4P.CH2N2/c1-7(9(10)11)13-14(12)8-5-3-2-4-6-8;2-1-3/h2-7H,1H3;2H2/p+1. The van der Waals surface area contributed by atoms with Crippen LogP contribution in [0.1, 0.15) is 6.92 Å². The predicted octanol–water partition coefficient (Wildman–Crippen LogP) is 0.970. The van der Waals surface area contributed by atoms with E-state index in [1.165, 1.54) is 13.1 Å². The summed E-state index contributed by atoms with van der Waals surface area (Å²) in [6.45, 7) is 1.35. The van der Waals surface area contributed by atoms with Crippen LogP contribution in [0.4, 0.5) is 0 Å². The largest absolute Gasteiger partial charge is 0.549 e. The van der Waals surface area contributed by atoms with Crippen LogP contribution < -0.4 is 11.0 Å². The molecule has 0 saturated heterocycles. The zero-order valence-electron chi connectivity index (χ0n) is 9.11. The third kappa shape index (κ3) is 6.25. The molecule has 2 atom stereocenters. The van der Waals surface area contributed by atoms with E-state index in [1.54, 1.807) is 30.3 Å². The van der Waals surface area contributed by atoms with Gasteiger partial charge in [-0.2, -0.15) is 5.26 Å². The predicted molar refractivity (Wildman–Crippen MR) is 61.7 cm³/mol. The smallest absolute Gasteiger partial charge is 0.479 e. The normalized spacial score (nSPS) is 11.4. The number of benzene rings is 1. The van der Waals surface area contributed by atoms with Crippen molar-refractivity contribution in [2.24, 2.45) is 5.73 Å². The van der Waals surface area contributed by atoms with E-state index in [4.69, 9.17) is 14.9 Å². The van der Waals surface area contributed by atoms with Crippen molar-refractivity contribution in [2.75, 3.05) is 0 Å². The highest BCUT2D eigenvalue weighted by Gasteiger charge is 2.28. The van der Waals surface area contributed by atoms with Crippen molar-refractivity contribution in [3.05, 3.63) is 30.3 Å². The van der Waals surface area contributed by atoms with Gasteiger partial charge in [0.15, 0.2) is 6.19 Å². The Hall–Kier alpha value is -1.96. The maximum absolute atomic E-state index is 11.4. The summed E-state index contributed by atoms with van der Waals surface area (Å²) in [5.41, 5.74) is 4.15. The van der Waals surface area contributed by atoms with Crippen LogP contribution in [0, 0.1) is 11.5 Å². The molecule has 3 N–H and O–H groups in total. The lowest BCUT2D eigenvalue weighted by molar-refractivity contribution is -0.143. The highest BCUT2D eigenvalue weighted by Crippen LogP contribution is 2.23. The molecule has 1 rings (SSSR count). The molecule has 0 fully saturated rings. The van der Waals surface area contributed by atoms with Crippen LogP contribution in [0.3, 0.4) is 0 Å². The molecule has 0 saturated carbocycles. The lowest BCUT2D eigenvalue weighted by Gasteiger charge is -1.95. The molecule has 90 valence electrons. The summed E-state index contributed by atoms with van der Waals surface area (Å²) in [6.07, 6.45) is 0.193. The van der Waals surface area contributed by atoms with Crippen molar-refractivity contribution in [2.45, 2.75) is 13.0 Å². The molecule has 2 unspecified atom stereocenters. The number of hydrogen-bond acceptors (Lipinski definition) is 5. The van der Waals surface area contributed by atoms with E-state index in [0.29, 0.717) is 5.30 Å².